The maximum absolute atomic E-state index is 6.28. The second kappa shape index (κ2) is 7.98. The van der Waals surface area contributed by atoms with Gasteiger partial charge < -0.3 is 24.0 Å². The third kappa shape index (κ3) is 4.15. The Kier molecular flexibility index (Phi) is 6.54. The lowest BCUT2D eigenvalue weighted by Crippen LogP contribution is -3.00. The highest BCUT2D eigenvalue weighted by atomic mass is 127. The first-order chi connectivity index (χ1) is 10.1. The molecule has 0 spiro atoms. The van der Waals surface area contributed by atoms with Gasteiger partial charge in [0.25, 0.3) is 0 Å². The van der Waals surface area contributed by atoms with Crippen LogP contribution in [-0.2, 0) is 19.9 Å². The van der Waals surface area contributed by atoms with Gasteiger partial charge in [-0.25, -0.2) is 4.57 Å². The van der Waals surface area contributed by atoms with E-state index >= 15 is 0 Å². The average molecular weight is 448 g/mol. The van der Waals surface area contributed by atoms with E-state index in [1.54, 1.807) is 0 Å². The molecule has 1 aromatic heterocycles. The minimum atomic E-state index is 0. The zero-order chi connectivity index (χ0) is 14.8. The molecule has 0 radical (unpaired) electrons. The molecule has 0 saturated carbocycles. The molecular weight excluding hydrogens is 428 g/mol. The SMILES string of the molecule is C[n+]1ccc2c(c1)CCCC2CCc1ccc(Cl)cc1Cl.[I-]. The summed E-state index contributed by atoms with van der Waals surface area (Å²) < 4.78 is 2.15. The molecule has 1 heterocycles. The molecule has 0 bridgehead atoms. The Morgan fingerprint density at radius 2 is 2.05 bits per heavy atom. The van der Waals surface area contributed by atoms with Crippen LogP contribution in [0.1, 0.15) is 41.9 Å². The first kappa shape index (κ1) is 18.0. The van der Waals surface area contributed by atoms with E-state index in [-0.39, 0.29) is 24.0 Å². The van der Waals surface area contributed by atoms with E-state index in [1.807, 2.05) is 12.1 Å². The molecule has 1 unspecified atom stereocenters. The summed E-state index contributed by atoms with van der Waals surface area (Å²) in [5.74, 6) is 0.654. The van der Waals surface area contributed by atoms with Crippen molar-refractivity contribution in [3.8, 4) is 0 Å². The number of aromatic nitrogens is 1. The Morgan fingerprint density at radius 3 is 2.82 bits per heavy atom. The molecule has 3 rings (SSSR count). The topological polar surface area (TPSA) is 3.88 Å². The highest BCUT2D eigenvalue weighted by Crippen LogP contribution is 2.34. The van der Waals surface area contributed by atoms with Crippen LogP contribution >= 0.6 is 23.2 Å². The van der Waals surface area contributed by atoms with Gasteiger partial charge in [-0.2, -0.15) is 0 Å². The van der Waals surface area contributed by atoms with Crippen molar-refractivity contribution < 1.29 is 28.5 Å². The number of rotatable bonds is 3. The quantitative estimate of drug-likeness (QED) is 0.499. The largest absolute Gasteiger partial charge is 1.00 e. The van der Waals surface area contributed by atoms with Crippen molar-refractivity contribution in [3.05, 3.63) is 63.4 Å². The summed E-state index contributed by atoms with van der Waals surface area (Å²) in [5.41, 5.74) is 4.25. The van der Waals surface area contributed by atoms with Crippen molar-refractivity contribution in [2.45, 2.75) is 38.0 Å². The molecule has 1 aliphatic rings. The monoisotopic (exact) mass is 447 g/mol. The predicted molar refractivity (Wildman–Crippen MR) is 88.1 cm³/mol. The fourth-order valence-corrected chi connectivity index (χ4v) is 3.83. The summed E-state index contributed by atoms with van der Waals surface area (Å²) in [7, 11) is 2.09. The first-order valence-electron chi connectivity index (χ1n) is 7.55. The fraction of sp³-hybridized carbons (Fsp3) is 0.389. The molecular formula is C18H20Cl2IN. The van der Waals surface area contributed by atoms with Gasteiger partial charge in [0.1, 0.15) is 7.05 Å². The molecule has 1 nitrogen and oxygen atoms in total. The van der Waals surface area contributed by atoms with E-state index in [1.165, 1.54) is 36.0 Å². The van der Waals surface area contributed by atoms with Crippen LogP contribution in [0.25, 0.3) is 0 Å². The number of hydrogen-bond donors (Lipinski definition) is 0. The second-order valence-electron chi connectivity index (χ2n) is 5.95. The first-order valence-corrected chi connectivity index (χ1v) is 8.31. The predicted octanol–water partition coefficient (Wildman–Crippen LogP) is 1.87. The zero-order valence-electron chi connectivity index (χ0n) is 12.7. The minimum Gasteiger partial charge on any atom is -1.00 e. The van der Waals surface area contributed by atoms with E-state index in [4.69, 9.17) is 23.2 Å². The van der Waals surface area contributed by atoms with Gasteiger partial charge in [0.05, 0.1) is 0 Å². The third-order valence-electron chi connectivity index (χ3n) is 4.44. The van der Waals surface area contributed by atoms with Crippen LogP contribution in [0.15, 0.2) is 36.7 Å². The van der Waals surface area contributed by atoms with Gasteiger partial charge in [-0.3, -0.25) is 0 Å². The number of halogens is 3. The number of nitrogens with zero attached hydrogens (tertiary/aromatic N) is 1. The summed E-state index contributed by atoms with van der Waals surface area (Å²) in [6, 6.07) is 8.12. The maximum atomic E-state index is 6.28. The van der Waals surface area contributed by atoms with Crippen LogP contribution in [0.3, 0.4) is 0 Å². The van der Waals surface area contributed by atoms with Gasteiger partial charge in [-0.05, 0) is 61.3 Å². The molecule has 0 amide bonds. The molecule has 22 heavy (non-hydrogen) atoms. The fourth-order valence-electron chi connectivity index (χ4n) is 3.32. The molecule has 4 heteroatoms. The van der Waals surface area contributed by atoms with Crippen molar-refractivity contribution in [3.63, 3.8) is 0 Å². The molecule has 2 aromatic rings. The Balaban J connectivity index is 0.00000176. The molecule has 0 N–H and O–H groups in total. The van der Waals surface area contributed by atoms with Crippen LogP contribution in [0, 0.1) is 0 Å². The lowest BCUT2D eigenvalue weighted by molar-refractivity contribution is -0.672. The number of benzene rings is 1. The van der Waals surface area contributed by atoms with Gasteiger partial charge >= 0.3 is 0 Å². The minimum absolute atomic E-state index is 0. The lowest BCUT2D eigenvalue weighted by atomic mass is 9.81. The van der Waals surface area contributed by atoms with Crippen molar-refractivity contribution in [2.75, 3.05) is 0 Å². The normalized spacial score (nSPS) is 16.8. The highest BCUT2D eigenvalue weighted by Gasteiger charge is 2.22. The Hall–Kier alpha value is -0.320. The lowest BCUT2D eigenvalue weighted by Gasteiger charge is -2.24. The summed E-state index contributed by atoms with van der Waals surface area (Å²) in [6.45, 7) is 0. The van der Waals surface area contributed by atoms with Gasteiger partial charge in [-0.1, -0.05) is 29.3 Å². The van der Waals surface area contributed by atoms with E-state index in [9.17, 15) is 0 Å². The summed E-state index contributed by atoms with van der Waals surface area (Å²) in [6.07, 6.45) is 10.4. The van der Waals surface area contributed by atoms with Crippen molar-refractivity contribution in [2.24, 2.45) is 7.05 Å². The molecule has 0 fully saturated rings. The zero-order valence-corrected chi connectivity index (χ0v) is 16.3. The number of pyridine rings is 1. The van der Waals surface area contributed by atoms with Gasteiger partial charge in [0.15, 0.2) is 12.4 Å². The van der Waals surface area contributed by atoms with Crippen molar-refractivity contribution in [1.82, 2.24) is 0 Å². The Morgan fingerprint density at radius 1 is 1.23 bits per heavy atom. The van der Waals surface area contributed by atoms with E-state index < -0.39 is 0 Å². The Bertz CT molecular complexity index is 658. The maximum Gasteiger partial charge on any atom is 0.171 e. The molecule has 1 aliphatic carbocycles. The second-order valence-corrected chi connectivity index (χ2v) is 6.80. The van der Waals surface area contributed by atoms with Gasteiger partial charge in [-0.15, -0.1) is 0 Å². The summed E-state index contributed by atoms with van der Waals surface area (Å²) in [5, 5.41) is 1.50. The molecule has 0 saturated heterocycles. The van der Waals surface area contributed by atoms with Crippen molar-refractivity contribution in [1.29, 1.82) is 0 Å². The van der Waals surface area contributed by atoms with E-state index in [0.29, 0.717) is 10.9 Å². The van der Waals surface area contributed by atoms with Crippen LogP contribution < -0.4 is 28.5 Å². The summed E-state index contributed by atoms with van der Waals surface area (Å²) >= 11 is 12.2. The third-order valence-corrected chi connectivity index (χ3v) is 5.02. The summed E-state index contributed by atoms with van der Waals surface area (Å²) in [4.78, 5) is 0. The molecule has 118 valence electrons. The highest BCUT2D eigenvalue weighted by molar-refractivity contribution is 6.35. The number of fused-ring (bicyclic) bond motifs is 1. The number of aryl methyl sites for hydroxylation is 3. The molecule has 0 aliphatic heterocycles. The molecule has 1 atom stereocenters. The van der Waals surface area contributed by atoms with E-state index in [2.05, 4.69) is 36.1 Å². The van der Waals surface area contributed by atoms with Crippen LogP contribution in [0.2, 0.25) is 10.0 Å². The van der Waals surface area contributed by atoms with Gasteiger partial charge in [0.2, 0.25) is 0 Å². The van der Waals surface area contributed by atoms with Crippen molar-refractivity contribution >= 4 is 23.2 Å². The average Bonchev–Trinajstić information content (AvgIpc) is 2.46. The Labute approximate surface area is 159 Å². The molecule has 1 aromatic carbocycles. The standard InChI is InChI=1S/C18H20Cl2N.HI/c1-21-10-9-17-13(3-2-4-15(17)12-21)5-6-14-7-8-16(19)11-18(14)20;/h7-13H,2-6H2,1H3;1H/q+1;/p-1. The van der Waals surface area contributed by atoms with E-state index in [0.717, 1.165) is 17.9 Å². The van der Waals surface area contributed by atoms with Crippen LogP contribution in [0.4, 0.5) is 0 Å². The van der Waals surface area contributed by atoms with Crippen LogP contribution in [0.5, 0.6) is 0 Å². The smallest absolute Gasteiger partial charge is 0.171 e. The van der Waals surface area contributed by atoms with Gasteiger partial charge in [0, 0.05) is 21.7 Å². The number of hydrogen-bond acceptors (Lipinski definition) is 0. The van der Waals surface area contributed by atoms with Crippen LogP contribution in [-0.4, -0.2) is 0 Å².